The number of aldehydes is 1. The molecule has 0 unspecified atom stereocenters. The van der Waals surface area contributed by atoms with Gasteiger partial charge in [0.05, 0.1) is 5.69 Å². The molecule has 0 saturated carbocycles. The summed E-state index contributed by atoms with van der Waals surface area (Å²) in [7, 11) is 0. The summed E-state index contributed by atoms with van der Waals surface area (Å²) in [5, 5.41) is 0. The van der Waals surface area contributed by atoms with Crippen LogP contribution >= 0.6 is 0 Å². The number of hydrogen-bond donors (Lipinski definition) is 1. The monoisotopic (exact) mass is 138 g/mol. The molecule has 0 aliphatic heterocycles. The predicted molar refractivity (Wildman–Crippen MR) is 37.8 cm³/mol. The topological polar surface area (TPSA) is 45.8 Å². The summed E-state index contributed by atoms with van der Waals surface area (Å²) in [5.74, 6) is 0.870. The Kier molecular flexibility index (Phi) is 1.85. The summed E-state index contributed by atoms with van der Waals surface area (Å²) in [6, 6.07) is 0. The summed E-state index contributed by atoms with van der Waals surface area (Å²) in [6.07, 6.45) is 1.28. The van der Waals surface area contributed by atoms with Gasteiger partial charge < -0.3 is 9.78 Å². The van der Waals surface area contributed by atoms with Crippen molar-refractivity contribution in [2.45, 2.75) is 20.3 Å². The molecule has 1 heterocycles. The molecule has 0 bridgehead atoms. The molecule has 0 saturated heterocycles. The van der Waals surface area contributed by atoms with Crippen LogP contribution in [0.15, 0.2) is 0 Å². The van der Waals surface area contributed by atoms with Gasteiger partial charge in [0.1, 0.15) is 12.1 Å². The quantitative estimate of drug-likeness (QED) is 0.613. The molecule has 0 atom stereocenters. The van der Waals surface area contributed by atoms with Crippen LogP contribution in [-0.2, 0) is 11.2 Å². The van der Waals surface area contributed by atoms with Crippen molar-refractivity contribution in [2.75, 3.05) is 0 Å². The van der Waals surface area contributed by atoms with Gasteiger partial charge in [0.25, 0.3) is 0 Å². The largest absolute Gasteiger partial charge is 0.346 e. The number of hydrogen-bond acceptors (Lipinski definition) is 2. The molecule has 0 radical (unpaired) electrons. The van der Waals surface area contributed by atoms with Crippen LogP contribution in [0.2, 0.25) is 0 Å². The fraction of sp³-hybridized carbons (Fsp3) is 0.429. The van der Waals surface area contributed by atoms with E-state index in [1.54, 1.807) is 0 Å². The molecule has 10 heavy (non-hydrogen) atoms. The molecule has 1 N–H and O–H groups in total. The van der Waals surface area contributed by atoms with Gasteiger partial charge in [0, 0.05) is 12.1 Å². The van der Waals surface area contributed by atoms with Crippen molar-refractivity contribution in [2.24, 2.45) is 0 Å². The van der Waals surface area contributed by atoms with Gasteiger partial charge in [-0.2, -0.15) is 0 Å². The summed E-state index contributed by atoms with van der Waals surface area (Å²) in [5.41, 5.74) is 1.84. The van der Waals surface area contributed by atoms with Crippen molar-refractivity contribution >= 4 is 6.29 Å². The van der Waals surface area contributed by atoms with Crippen molar-refractivity contribution in [3.05, 3.63) is 17.2 Å². The Morgan fingerprint density at radius 3 is 2.70 bits per heavy atom. The second-order valence-electron chi connectivity index (χ2n) is 2.26. The molecule has 1 aromatic heterocycles. The average Bonchev–Trinajstić information content (AvgIpc) is 2.13. The molecule has 0 spiro atoms. The van der Waals surface area contributed by atoms with E-state index in [1.165, 1.54) is 0 Å². The van der Waals surface area contributed by atoms with E-state index in [-0.39, 0.29) is 0 Å². The van der Waals surface area contributed by atoms with Gasteiger partial charge in [-0.15, -0.1) is 0 Å². The Balaban J connectivity index is 2.91. The van der Waals surface area contributed by atoms with Gasteiger partial charge in [0.15, 0.2) is 0 Å². The van der Waals surface area contributed by atoms with E-state index in [9.17, 15) is 4.79 Å². The molecule has 0 fully saturated rings. The maximum atomic E-state index is 10.1. The zero-order valence-electron chi connectivity index (χ0n) is 6.14. The summed E-state index contributed by atoms with van der Waals surface area (Å²) >= 11 is 0. The number of nitrogens with zero attached hydrogens (tertiary/aromatic N) is 1. The third-order valence-corrected chi connectivity index (χ3v) is 1.38. The molecule has 0 aromatic carbocycles. The number of H-pyrrole nitrogens is 1. The highest BCUT2D eigenvalue weighted by molar-refractivity contribution is 5.54. The number of carbonyl (C=O) groups is 1. The Morgan fingerprint density at radius 2 is 2.30 bits per heavy atom. The molecular weight excluding hydrogens is 128 g/mol. The van der Waals surface area contributed by atoms with Crippen molar-refractivity contribution in [1.82, 2.24) is 9.97 Å². The Hall–Kier alpha value is -1.12. The van der Waals surface area contributed by atoms with Gasteiger partial charge in [-0.25, -0.2) is 4.98 Å². The summed E-state index contributed by atoms with van der Waals surface area (Å²) in [4.78, 5) is 17.2. The van der Waals surface area contributed by atoms with Crippen molar-refractivity contribution < 1.29 is 4.79 Å². The van der Waals surface area contributed by atoms with Gasteiger partial charge in [-0.3, -0.25) is 0 Å². The molecule has 0 amide bonds. The minimum atomic E-state index is 0.413. The van der Waals surface area contributed by atoms with Crippen molar-refractivity contribution in [3.63, 3.8) is 0 Å². The van der Waals surface area contributed by atoms with Crippen molar-refractivity contribution in [1.29, 1.82) is 0 Å². The number of aryl methyl sites for hydroxylation is 2. The molecule has 0 aliphatic carbocycles. The van der Waals surface area contributed by atoms with Crippen LogP contribution in [0.3, 0.4) is 0 Å². The zero-order valence-corrected chi connectivity index (χ0v) is 6.14. The first-order valence-electron chi connectivity index (χ1n) is 3.19. The number of imidazole rings is 1. The Bertz CT molecular complexity index is 240. The number of carbonyl (C=O) groups excluding carboxylic acids is 1. The van der Waals surface area contributed by atoms with Crippen LogP contribution in [-0.4, -0.2) is 16.3 Å². The lowest BCUT2D eigenvalue weighted by Gasteiger charge is -1.85. The lowest BCUT2D eigenvalue weighted by atomic mass is 10.3. The lowest BCUT2D eigenvalue weighted by Crippen LogP contribution is -1.88. The van der Waals surface area contributed by atoms with Gasteiger partial charge in [-0.1, -0.05) is 0 Å². The molecule has 0 aliphatic rings. The SMILES string of the molecule is Cc1nc(CC=O)c(C)[nH]1. The van der Waals surface area contributed by atoms with Crippen LogP contribution in [0.25, 0.3) is 0 Å². The highest BCUT2D eigenvalue weighted by Gasteiger charge is 2.00. The molecule has 1 rings (SSSR count). The molecular formula is C7H10N2O. The second kappa shape index (κ2) is 2.64. The van der Waals surface area contributed by atoms with E-state index in [2.05, 4.69) is 9.97 Å². The molecule has 3 heteroatoms. The number of rotatable bonds is 2. The van der Waals surface area contributed by atoms with Crippen LogP contribution < -0.4 is 0 Å². The summed E-state index contributed by atoms with van der Waals surface area (Å²) < 4.78 is 0. The van der Waals surface area contributed by atoms with Crippen molar-refractivity contribution in [3.8, 4) is 0 Å². The standard InChI is InChI=1S/C7H10N2O/c1-5-7(3-4-10)9-6(2)8-5/h4H,3H2,1-2H3,(H,8,9). The van der Waals surface area contributed by atoms with E-state index < -0.39 is 0 Å². The van der Waals surface area contributed by atoms with E-state index in [0.29, 0.717) is 6.42 Å². The van der Waals surface area contributed by atoms with Gasteiger partial charge in [-0.05, 0) is 13.8 Å². The fourth-order valence-electron chi connectivity index (χ4n) is 0.935. The Morgan fingerprint density at radius 1 is 1.60 bits per heavy atom. The van der Waals surface area contributed by atoms with Crippen LogP contribution in [0.5, 0.6) is 0 Å². The predicted octanol–water partition coefficient (Wildman–Crippen LogP) is 0.768. The van der Waals surface area contributed by atoms with Crippen LogP contribution in [0.1, 0.15) is 17.2 Å². The van der Waals surface area contributed by atoms with Gasteiger partial charge >= 0.3 is 0 Å². The first-order chi connectivity index (χ1) is 4.74. The van der Waals surface area contributed by atoms with Crippen LogP contribution in [0, 0.1) is 13.8 Å². The van der Waals surface area contributed by atoms with E-state index >= 15 is 0 Å². The maximum absolute atomic E-state index is 10.1. The van der Waals surface area contributed by atoms with Gasteiger partial charge in [0.2, 0.25) is 0 Å². The first-order valence-corrected chi connectivity index (χ1v) is 3.19. The molecule has 1 aromatic rings. The molecule has 54 valence electrons. The maximum Gasteiger partial charge on any atom is 0.126 e. The minimum Gasteiger partial charge on any atom is -0.346 e. The smallest absolute Gasteiger partial charge is 0.126 e. The fourth-order valence-corrected chi connectivity index (χ4v) is 0.935. The normalized spacial score (nSPS) is 9.80. The van der Waals surface area contributed by atoms with E-state index in [4.69, 9.17) is 0 Å². The zero-order chi connectivity index (χ0) is 7.56. The highest BCUT2D eigenvalue weighted by Crippen LogP contribution is 2.02. The highest BCUT2D eigenvalue weighted by atomic mass is 16.1. The molecule has 3 nitrogen and oxygen atoms in total. The number of aromatic amines is 1. The second-order valence-corrected chi connectivity index (χ2v) is 2.26. The lowest BCUT2D eigenvalue weighted by molar-refractivity contribution is -0.107. The first kappa shape index (κ1) is 6.99. The average molecular weight is 138 g/mol. The minimum absolute atomic E-state index is 0.413. The van der Waals surface area contributed by atoms with E-state index in [0.717, 1.165) is 23.5 Å². The van der Waals surface area contributed by atoms with Crippen LogP contribution in [0.4, 0.5) is 0 Å². The summed E-state index contributed by atoms with van der Waals surface area (Å²) in [6.45, 7) is 3.79. The number of nitrogens with one attached hydrogen (secondary N) is 1. The third-order valence-electron chi connectivity index (χ3n) is 1.38. The third kappa shape index (κ3) is 1.23. The van der Waals surface area contributed by atoms with E-state index in [1.807, 2.05) is 13.8 Å². The number of aromatic nitrogens is 2. The Labute approximate surface area is 59.5 Å².